The maximum absolute atomic E-state index is 13.6. The van der Waals surface area contributed by atoms with Crippen LogP contribution in [0.4, 0.5) is 22.7 Å². The standard InChI is InChI=1S/C27H24N4O4/c1-18-6-2-3-7-23(18)30-26(32)24(19-8-12-22(13-9-19)31(34)35)25(27(30)33)28-20-10-14-21(15-11-20)29-16-4-5-17-29/h2-3,6-15,28H,4-5,16-17H2,1H3. The van der Waals surface area contributed by atoms with Crippen LogP contribution >= 0.6 is 0 Å². The Morgan fingerprint density at radius 3 is 2.14 bits per heavy atom. The molecule has 1 saturated heterocycles. The molecule has 8 nitrogen and oxygen atoms in total. The van der Waals surface area contributed by atoms with Gasteiger partial charge in [0.2, 0.25) is 0 Å². The van der Waals surface area contributed by atoms with Gasteiger partial charge in [0.25, 0.3) is 17.5 Å². The number of aryl methyl sites for hydroxylation is 1. The lowest BCUT2D eigenvalue weighted by Crippen LogP contribution is -2.33. The number of para-hydroxylation sites is 1. The number of nitro groups is 1. The van der Waals surface area contributed by atoms with E-state index in [1.165, 1.54) is 37.1 Å². The number of hydrogen-bond donors (Lipinski definition) is 1. The Morgan fingerprint density at radius 2 is 1.51 bits per heavy atom. The van der Waals surface area contributed by atoms with Crippen LogP contribution in [0.2, 0.25) is 0 Å². The van der Waals surface area contributed by atoms with Crippen molar-refractivity contribution in [1.82, 2.24) is 0 Å². The SMILES string of the molecule is Cc1ccccc1N1C(=O)C(Nc2ccc(N3CCCC3)cc2)=C(c2ccc([N+](=O)[O-])cc2)C1=O. The summed E-state index contributed by atoms with van der Waals surface area (Å²) in [5, 5.41) is 14.3. The van der Waals surface area contributed by atoms with Crippen molar-refractivity contribution in [2.75, 3.05) is 28.2 Å². The van der Waals surface area contributed by atoms with Crippen molar-refractivity contribution in [2.45, 2.75) is 19.8 Å². The minimum atomic E-state index is -0.500. The number of imide groups is 1. The highest BCUT2D eigenvalue weighted by molar-refractivity contribution is 6.46. The molecule has 0 aliphatic carbocycles. The summed E-state index contributed by atoms with van der Waals surface area (Å²) in [5.41, 5.74) is 3.74. The molecule has 5 rings (SSSR count). The van der Waals surface area contributed by atoms with Gasteiger partial charge in [0.1, 0.15) is 5.70 Å². The van der Waals surface area contributed by atoms with Crippen LogP contribution in [-0.4, -0.2) is 29.8 Å². The first-order valence-corrected chi connectivity index (χ1v) is 11.5. The lowest BCUT2D eigenvalue weighted by Gasteiger charge is -2.19. The van der Waals surface area contributed by atoms with E-state index in [9.17, 15) is 19.7 Å². The lowest BCUT2D eigenvalue weighted by molar-refractivity contribution is -0.384. The van der Waals surface area contributed by atoms with Crippen LogP contribution in [0.25, 0.3) is 5.57 Å². The molecule has 3 aromatic rings. The number of amides is 2. The van der Waals surface area contributed by atoms with Crippen LogP contribution in [0.3, 0.4) is 0 Å². The number of benzene rings is 3. The van der Waals surface area contributed by atoms with Crippen molar-refractivity contribution in [1.29, 1.82) is 0 Å². The Hall–Kier alpha value is -4.46. The summed E-state index contributed by atoms with van der Waals surface area (Å²) in [4.78, 5) is 41.2. The van der Waals surface area contributed by atoms with Crippen LogP contribution in [0, 0.1) is 17.0 Å². The number of rotatable bonds is 6. The van der Waals surface area contributed by atoms with Gasteiger partial charge in [-0.3, -0.25) is 19.7 Å². The first-order chi connectivity index (χ1) is 16.9. The molecule has 2 aliphatic heterocycles. The van der Waals surface area contributed by atoms with Crippen molar-refractivity contribution in [3.05, 3.63) is 99.7 Å². The predicted molar refractivity (Wildman–Crippen MR) is 135 cm³/mol. The predicted octanol–water partition coefficient (Wildman–Crippen LogP) is 4.90. The van der Waals surface area contributed by atoms with Crippen LogP contribution in [-0.2, 0) is 9.59 Å². The zero-order valence-corrected chi connectivity index (χ0v) is 19.2. The summed E-state index contributed by atoms with van der Waals surface area (Å²) in [6.45, 7) is 3.89. The Kier molecular flexibility index (Phi) is 5.78. The molecular weight excluding hydrogens is 444 g/mol. The number of non-ortho nitro benzene ring substituents is 1. The molecular formula is C27H24N4O4. The summed E-state index contributed by atoms with van der Waals surface area (Å²) in [6, 6.07) is 20.6. The Labute approximate surface area is 202 Å². The monoisotopic (exact) mass is 468 g/mol. The molecule has 0 radical (unpaired) electrons. The number of anilines is 3. The van der Waals surface area contributed by atoms with Crippen molar-refractivity contribution in [2.24, 2.45) is 0 Å². The molecule has 3 aromatic carbocycles. The molecule has 176 valence electrons. The van der Waals surface area contributed by atoms with E-state index in [0.29, 0.717) is 16.9 Å². The van der Waals surface area contributed by atoms with Gasteiger partial charge in [-0.15, -0.1) is 0 Å². The van der Waals surface area contributed by atoms with E-state index >= 15 is 0 Å². The summed E-state index contributed by atoms with van der Waals surface area (Å²) in [6.07, 6.45) is 2.35. The van der Waals surface area contributed by atoms with Crippen LogP contribution < -0.4 is 15.1 Å². The smallest absolute Gasteiger partial charge is 0.282 e. The minimum Gasteiger partial charge on any atom is -0.372 e. The second-order valence-electron chi connectivity index (χ2n) is 8.65. The van der Waals surface area contributed by atoms with Crippen molar-refractivity contribution in [3.63, 3.8) is 0 Å². The van der Waals surface area contributed by atoms with Gasteiger partial charge in [-0.25, -0.2) is 4.90 Å². The average molecular weight is 469 g/mol. The van der Waals surface area contributed by atoms with E-state index in [0.717, 1.165) is 29.2 Å². The molecule has 0 saturated carbocycles. The van der Waals surface area contributed by atoms with Crippen molar-refractivity contribution in [3.8, 4) is 0 Å². The average Bonchev–Trinajstić information content (AvgIpc) is 3.48. The van der Waals surface area contributed by atoms with Gasteiger partial charge >= 0.3 is 0 Å². The first-order valence-electron chi connectivity index (χ1n) is 11.5. The van der Waals surface area contributed by atoms with Crippen molar-refractivity contribution < 1.29 is 14.5 Å². The zero-order valence-electron chi connectivity index (χ0n) is 19.2. The molecule has 0 aromatic heterocycles. The van der Waals surface area contributed by atoms with Crippen LogP contribution in [0.1, 0.15) is 24.0 Å². The highest BCUT2D eigenvalue weighted by Crippen LogP contribution is 2.35. The third-order valence-corrected chi connectivity index (χ3v) is 6.41. The third-order valence-electron chi connectivity index (χ3n) is 6.41. The number of nitrogens with one attached hydrogen (secondary N) is 1. The zero-order chi connectivity index (χ0) is 24.5. The molecule has 1 fully saturated rings. The van der Waals surface area contributed by atoms with Gasteiger partial charge in [0.05, 0.1) is 16.2 Å². The molecule has 2 aliphatic rings. The van der Waals surface area contributed by atoms with E-state index in [2.05, 4.69) is 10.2 Å². The maximum atomic E-state index is 13.6. The largest absolute Gasteiger partial charge is 0.372 e. The third kappa shape index (κ3) is 4.14. The number of nitro benzene ring substituents is 1. The minimum absolute atomic E-state index is 0.0890. The molecule has 2 amide bonds. The normalized spacial score (nSPS) is 15.8. The summed E-state index contributed by atoms with van der Waals surface area (Å²) >= 11 is 0. The molecule has 8 heteroatoms. The van der Waals surface area contributed by atoms with E-state index in [-0.39, 0.29) is 17.0 Å². The second kappa shape index (κ2) is 9.06. The molecule has 0 spiro atoms. The fourth-order valence-corrected chi connectivity index (χ4v) is 4.57. The number of nitrogens with zero attached hydrogens (tertiary/aromatic N) is 3. The lowest BCUT2D eigenvalue weighted by atomic mass is 10.0. The molecule has 1 N–H and O–H groups in total. The van der Waals surface area contributed by atoms with E-state index in [1.54, 1.807) is 12.1 Å². The Morgan fingerprint density at radius 1 is 0.857 bits per heavy atom. The van der Waals surface area contributed by atoms with E-state index in [4.69, 9.17) is 0 Å². The number of carbonyl (C=O) groups is 2. The van der Waals surface area contributed by atoms with Gasteiger partial charge in [0, 0.05) is 36.6 Å². The van der Waals surface area contributed by atoms with Gasteiger partial charge in [-0.1, -0.05) is 18.2 Å². The Balaban J connectivity index is 1.54. The fraction of sp³-hybridized carbons (Fsp3) is 0.185. The topological polar surface area (TPSA) is 95.8 Å². The van der Waals surface area contributed by atoms with Crippen LogP contribution in [0.5, 0.6) is 0 Å². The number of carbonyl (C=O) groups excluding carboxylic acids is 2. The summed E-state index contributed by atoms with van der Waals surface area (Å²) in [5.74, 6) is -0.949. The highest BCUT2D eigenvalue weighted by atomic mass is 16.6. The van der Waals surface area contributed by atoms with Gasteiger partial charge in [-0.05, 0) is 73.4 Å². The molecule has 0 bridgehead atoms. The Bertz CT molecular complexity index is 1340. The summed E-state index contributed by atoms with van der Waals surface area (Å²) < 4.78 is 0. The maximum Gasteiger partial charge on any atom is 0.282 e. The second-order valence-corrected chi connectivity index (χ2v) is 8.65. The molecule has 35 heavy (non-hydrogen) atoms. The van der Waals surface area contributed by atoms with Crippen molar-refractivity contribution >= 4 is 40.1 Å². The van der Waals surface area contributed by atoms with E-state index in [1.807, 2.05) is 43.3 Å². The van der Waals surface area contributed by atoms with Crippen LogP contribution in [0.15, 0.2) is 78.5 Å². The molecule has 2 heterocycles. The first kappa shape index (κ1) is 22.3. The van der Waals surface area contributed by atoms with Gasteiger partial charge in [-0.2, -0.15) is 0 Å². The van der Waals surface area contributed by atoms with E-state index < -0.39 is 16.7 Å². The summed E-state index contributed by atoms with van der Waals surface area (Å²) in [7, 11) is 0. The molecule has 0 atom stereocenters. The molecule has 0 unspecified atom stereocenters. The number of hydrogen-bond acceptors (Lipinski definition) is 6. The van der Waals surface area contributed by atoms with Gasteiger partial charge in [0.15, 0.2) is 0 Å². The van der Waals surface area contributed by atoms with Gasteiger partial charge < -0.3 is 10.2 Å². The highest BCUT2D eigenvalue weighted by Gasteiger charge is 2.40. The fourth-order valence-electron chi connectivity index (χ4n) is 4.57. The quantitative estimate of drug-likeness (QED) is 0.314.